The van der Waals surface area contributed by atoms with Crippen LogP contribution in [-0.4, -0.2) is 21.7 Å². The third kappa shape index (κ3) is 3.61. The summed E-state index contributed by atoms with van der Waals surface area (Å²) in [5.74, 6) is 1.20. The van der Waals surface area contributed by atoms with Crippen LogP contribution in [0.4, 0.5) is 0 Å². The van der Waals surface area contributed by atoms with Crippen LogP contribution in [0.25, 0.3) is 11.5 Å². The van der Waals surface area contributed by atoms with Crippen molar-refractivity contribution < 1.29 is 4.52 Å². The minimum atomic E-state index is 0.0879. The van der Waals surface area contributed by atoms with Crippen LogP contribution in [0.15, 0.2) is 28.9 Å². The first kappa shape index (κ1) is 13.7. The molecule has 0 saturated carbocycles. The molecule has 0 fully saturated rings. The van der Waals surface area contributed by atoms with Gasteiger partial charge in [-0.25, -0.2) is 0 Å². The fraction of sp³-hybridized carbons (Fsp3) is 0.500. The van der Waals surface area contributed by atoms with E-state index in [-0.39, 0.29) is 11.3 Å². The SMILES string of the molecule is CC(C)(C)CC(CN)c1nc(-c2ccccn2)no1. The molecule has 2 aromatic heterocycles. The Kier molecular flexibility index (Phi) is 3.95. The van der Waals surface area contributed by atoms with E-state index in [0.29, 0.717) is 24.0 Å². The molecule has 0 radical (unpaired) electrons. The van der Waals surface area contributed by atoms with Crippen LogP contribution in [0.1, 0.15) is 39.0 Å². The zero-order valence-electron chi connectivity index (χ0n) is 11.6. The highest BCUT2D eigenvalue weighted by Gasteiger charge is 2.24. The highest BCUT2D eigenvalue weighted by Crippen LogP contribution is 2.30. The summed E-state index contributed by atoms with van der Waals surface area (Å²) in [6.45, 7) is 7.02. The Labute approximate surface area is 113 Å². The smallest absolute Gasteiger partial charge is 0.231 e. The first-order valence-corrected chi connectivity index (χ1v) is 6.44. The van der Waals surface area contributed by atoms with Crippen LogP contribution in [0.5, 0.6) is 0 Å². The van der Waals surface area contributed by atoms with Crippen LogP contribution in [0.2, 0.25) is 0 Å². The maximum atomic E-state index is 5.82. The van der Waals surface area contributed by atoms with Crippen molar-refractivity contribution in [3.63, 3.8) is 0 Å². The summed E-state index contributed by atoms with van der Waals surface area (Å²) >= 11 is 0. The molecule has 1 atom stereocenters. The molecule has 5 nitrogen and oxygen atoms in total. The Morgan fingerprint density at radius 2 is 2.11 bits per heavy atom. The first-order valence-electron chi connectivity index (χ1n) is 6.44. The summed E-state index contributed by atoms with van der Waals surface area (Å²) in [6.07, 6.45) is 2.62. The molecule has 2 rings (SSSR count). The number of rotatable bonds is 4. The third-order valence-corrected chi connectivity index (χ3v) is 2.83. The van der Waals surface area contributed by atoms with Crippen LogP contribution in [0, 0.1) is 5.41 Å². The van der Waals surface area contributed by atoms with Crippen LogP contribution in [0.3, 0.4) is 0 Å². The third-order valence-electron chi connectivity index (χ3n) is 2.83. The Morgan fingerprint density at radius 1 is 1.32 bits per heavy atom. The van der Waals surface area contributed by atoms with Gasteiger partial charge in [0.15, 0.2) is 0 Å². The number of nitrogens with zero attached hydrogens (tertiary/aromatic N) is 3. The van der Waals surface area contributed by atoms with Gasteiger partial charge in [-0.05, 0) is 24.0 Å². The lowest BCUT2D eigenvalue weighted by atomic mass is 9.84. The van der Waals surface area contributed by atoms with Crippen molar-refractivity contribution in [2.45, 2.75) is 33.1 Å². The quantitative estimate of drug-likeness (QED) is 0.914. The van der Waals surface area contributed by atoms with Gasteiger partial charge in [0.1, 0.15) is 5.69 Å². The zero-order valence-corrected chi connectivity index (χ0v) is 11.6. The van der Waals surface area contributed by atoms with Gasteiger partial charge in [-0.1, -0.05) is 32.0 Å². The van der Waals surface area contributed by atoms with E-state index in [1.165, 1.54) is 0 Å². The second kappa shape index (κ2) is 5.48. The molecule has 0 bridgehead atoms. The average Bonchev–Trinajstić information content (AvgIpc) is 2.85. The normalized spacial score (nSPS) is 13.5. The van der Waals surface area contributed by atoms with E-state index < -0.39 is 0 Å². The standard InChI is InChI=1S/C14H20N4O/c1-14(2,3)8-10(9-15)13-17-12(18-19-13)11-6-4-5-7-16-11/h4-7,10H,8-9,15H2,1-3H3. The Morgan fingerprint density at radius 3 is 2.68 bits per heavy atom. The van der Waals surface area contributed by atoms with E-state index in [4.69, 9.17) is 10.3 Å². The van der Waals surface area contributed by atoms with Crippen molar-refractivity contribution in [1.82, 2.24) is 15.1 Å². The summed E-state index contributed by atoms with van der Waals surface area (Å²) < 4.78 is 5.34. The van der Waals surface area contributed by atoms with Gasteiger partial charge in [0.05, 0.1) is 5.92 Å². The highest BCUT2D eigenvalue weighted by atomic mass is 16.5. The average molecular weight is 260 g/mol. The molecule has 2 N–H and O–H groups in total. The van der Waals surface area contributed by atoms with Gasteiger partial charge >= 0.3 is 0 Å². The number of nitrogens with two attached hydrogens (primary N) is 1. The minimum Gasteiger partial charge on any atom is -0.339 e. The van der Waals surface area contributed by atoms with Gasteiger partial charge in [0.25, 0.3) is 0 Å². The van der Waals surface area contributed by atoms with Crippen molar-refractivity contribution in [3.05, 3.63) is 30.3 Å². The van der Waals surface area contributed by atoms with Gasteiger partial charge in [-0.3, -0.25) is 4.98 Å². The lowest BCUT2D eigenvalue weighted by Gasteiger charge is -2.22. The van der Waals surface area contributed by atoms with Gasteiger partial charge in [-0.15, -0.1) is 0 Å². The van der Waals surface area contributed by atoms with Crippen LogP contribution >= 0.6 is 0 Å². The summed E-state index contributed by atoms with van der Waals surface area (Å²) in [7, 11) is 0. The van der Waals surface area contributed by atoms with Crippen molar-refractivity contribution in [2.75, 3.05) is 6.54 Å². The highest BCUT2D eigenvalue weighted by molar-refractivity contribution is 5.47. The molecule has 2 aromatic rings. The molecule has 0 aliphatic rings. The summed E-state index contributed by atoms with van der Waals surface area (Å²) in [5.41, 5.74) is 6.70. The minimum absolute atomic E-state index is 0.0879. The monoisotopic (exact) mass is 260 g/mol. The molecular weight excluding hydrogens is 240 g/mol. The number of aromatic nitrogens is 3. The second-order valence-electron chi connectivity index (χ2n) is 5.87. The van der Waals surface area contributed by atoms with Crippen LogP contribution in [-0.2, 0) is 0 Å². The first-order chi connectivity index (χ1) is 8.99. The topological polar surface area (TPSA) is 77.8 Å². The van der Waals surface area contributed by atoms with E-state index in [9.17, 15) is 0 Å². The van der Waals surface area contributed by atoms with Gasteiger partial charge in [0, 0.05) is 12.7 Å². The predicted octanol–water partition coefficient (Wildman–Crippen LogP) is 2.61. The molecule has 102 valence electrons. The molecule has 1 unspecified atom stereocenters. The lowest BCUT2D eigenvalue weighted by Crippen LogP contribution is -2.19. The molecule has 2 heterocycles. The predicted molar refractivity (Wildman–Crippen MR) is 73.4 cm³/mol. The number of hydrogen-bond acceptors (Lipinski definition) is 5. The van der Waals surface area contributed by atoms with Crippen molar-refractivity contribution >= 4 is 0 Å². The van der Waals surface area contributed by atoms with Gasteiger partial charge in [-0.2, -0.15) is 4.98 Å². The molecule has 0 aliphatic heterocycles. The zero-order chi connectivity index (χ0) is 13.9. The second-order valence-corrected chi connectivity index (χ2v) is 5.87. The van der Waals surface area contributed by atoms with Crippen molar-refractivity contribution in [3.8, 4) is 11.5 Å². The van der Waals surface area contributed by atoms with E-state index in [1.807, 2.05) is 18.2 Å². The molecule has 0 aliphatic carbocycles. The molecule has 19 heavy (non-hydrogen) atoms. The number of pyridine rings is 1. The van der Waals surface area contributed by atoms with Gasteiger partial charge in [0.2, 0.25) is 11.7 Å². The Bertz CT molecular complexity index is 516. The Hall–Kier alpha value is -1.75. The largest absolute Gasteiger partial charge is 0.339 e. The van der Waals surface area contributed by atoms with E-state index in [1.54, 1.807) is 6.20 Å². The summed E-state index contributed by atoms with van der Waals surface area (Å²) in [5, 5.41) is 3.98. The fourth-order valence-corrected chi connectivity index (χ4v) is 2.01. The van der Waals surface area contributed by atoms with E-state index in [0.717, 1.165) is 6.42 Å². The van der Waals surface area contributed by atoms with Crippen molar-refractivity contribution in [1.29, 1.82) is 0 Å². The summed E-state index contributed by atoms with van der Waals surface area (Å²) in [4.78, 5) is 8.62. The van der Waals surface area contributed by atoms with E-state index in [2.05, 4.69) is 35.9 Å². The maximum Gasteiger partial charge on any atom is 0.231 e. The molecule has 0 aromatic carbocycles. The molecule has 5 heteroatoms. The van der Waals surface area contributed by atoms with Crippen molar-refractivity contribution in [2.24, 2.45) is 11.1 Å². The lowest BCUT2D eigenvalue weighted by molar-refractivity contribution is 0.287. The van der Waals surface area contributed by atoms with Crippen LogP contribution < -0.4 is 5.73 Å². The maximum absolute atomic E-state index is 5.82. The molecule has 0 saturated heterocycles. The molecule has 0 spiro atoms. The molecule has 0 amide bonds. The van der Waals surface area contributed by atoms with E-state index >= 15 is 0 Å². The fourth-order valence-electron chi connectivity index (χ4n) is 2.01. The summed E-state index contributed by atoms with van der Waals surface area (Å²) in [6, 6.07) is 5.61. The number of hydrogen-bond donors (Lipinski definition) is 1. The molecular formula is C14H20N4O. The Balaban J connectivity index is 2.20. The van der Waals surface area contributed by atoms with Gasteiger partial charge < -0.3 is 10.3 Å².